The number of anilines is 1. The standard InChI is InChI=1S/C18H20FN3O/c1-21-12-9-20-17(18(21)23)22-10-7-14(8-11-22)5-6-15-3-2-4-16(19)13-15/h2-6,9,12-14H,7-8,10-11H2,1H3. The van der Waals surface area contributed by atoms with Crippen LogP contribution >= 0.6 is 0 Å². The number of hydrogen-bond acceptors (Lipinski definition) is 3. The van der Waals surface area contributed by atoms with Crippen molar-refractivity contribution in [3.05, 3.63) is 64.5 Å². The van der Waals surface area contributed by atoms with Crippen LogP contribution in [-0.2, 0) is 7.05 Å². The van der Waals surface area contributed by atoms with Crippen LogP contribution in [0.15, 0.2) is 47.5 Å². The average molecular weight is 313 g/mol. The molecule has 3 rings (SSSR count). The van der Waals surface area contributed by atoms with E-state index in [-0.39, 0.29) is 11.4 Å². The van der Waals surface area contributed by atoms with Gasteiger partial charge in [0.25, 0.3) is 5.56 Å². The first-order valence-electron chi connectivity index (χ1n) is 7.84. The van der Waals surface area contributed by atoms with Crippen LogP contribution in [0.2, 0.25) is 0 Å². The number of aromatic nitrogens is 2. The third kappa shape index (κ3) is 3.67. The maximum absolute atomic E-state index is 13.2. The van der Waals surface area contributed by atoms with E-state index in [9.17, 15) is 9.18 Å². The molecule has 23 heavy (non-hydrogen) atoms. The van der Waals surface area contributed by atoms with Crippen LogP contribution in [0.25, 0.3) is 6.08 Å². The number of rotatable bonds is 3. The normalized spacial score (nSPS) is 16.2. The zero-order valence-electron chi connectivity index (χ0n) is 13.2. The molecule has 1 saturated heterocycles. The lowest BCUT2D eigenvalue weighted by atomic mass is 9.95. The van der Waals surface area contributed by atoms with Gasteiger partial charge in [-0.3, -0.25) is 4.79 Å². The van der Waals surface area contributed by atoms with Crippen molar-refractivity contribution in [2.45, 2.75) is 12.8 Å². The molecule has 1 aliphatic heterocycles. The summed E-state index contributed by atoms with van der Waals surface area (Å²) in [7, 11) is 1.74. The van der Waals surface area contributed by atoms with E-state index < -0.39 is 0 Å². The van der Waals surface area contributed by atoms with Crippen LogP contribution in [0.5, 0.6) is 0 Å². The Morgan fingerprint density at radius 3 is 2.83 bits per heavy atom. The van der Waals surface area contributed by atoms with E-state index in [0.29, 0.717) is 11.7 Å². The van der Waals surface area contributed by atoms with Crippen molar-refractivity contribution in [1.82, 2.24) is 9.55 Å². The van der Waals surface area contributed by atoms with E-state index in [1.165, 1.54) is 12.1 Å². The fourth-order valence-corrected chi connectivity index (χ4v) is 2.86. The molecular formula is C18H20FN3O. The molecule has 1 fully saturated rings. The highest BCUT2D eigenvalue weighted by Crippen LogP contribution is 2.21. The van der Waals surface area contributed by atoms with E-state index >= 15 is 0 Å². The van der Waals surface area contributed by atoms with Gasteiger partial charge >= 0.3 is 0 Å². The first-order valence-corrected chi connectivity index (χ1v) is 7.84. The van der Waals surface area contributed by atoms with E-state index in [0.717, 1.165) is 31.5 Å². The molecule has 0 saturated carbocycles. The number of halogens is 1. The summed E-state index contributed by atoms with van der Waals surface area (Å²) in [5.41, 5.74) is 0.826. The summed E-state index contributed by atoms with van der Waals surface area (Å²) in [5, 5.41) is 0. The minimum absolute atomic E-state index is 0.0544. The predicted molar refractivity (Wildman–Crippen MR) is 89.8 cm³/mol. The fourth-order valence-electron chi connectivity index (χ4n) is 2.86. The fraction of sp³-hybridized carbons (Fsp3) is 0.333. The van der Waals surface area contributed by atoms with Gasteiger partial charge in [-0.2, -0.15) is 0 Å². The molecule has 0 atom stereocenters. The molecule has 0 amide bonds. The van der Waals surface area contributed by atoms with Crippen molar-refractivity contribution >= 4 is 11.9 Å². The summed E-state index contributed by atoms with van der Waals surface area (Å²) >= 11 is 0. The largest absolute Gasteiger partial charge is 0.352 e. The molecule has 0 bridgehead atoms. The Morgan fingerprint density at radius 1 is 1.30 bits per heavy atom. The van der Waals surface area contributed by atoms with Gasteiger partial charge in [-0.25, -0.2) is 9.37 Å². The molecule has 5 heteroatoms. The monoisotopic (exact) mass is 313 g/mol. The van der Waals surface area contributed by atoms with E-state index in [2.05, 4.69) is 16.0 Å². The molecule has 1 aliphatic rings. The second kappa shape index (κ2) is 6.77. The van der Waals surface area contributed by atoms with Crippen molar-refractivity contribution in [3.63, 3.8) is 0 Å². The topological polar surface area (TPSA) is 38.1 Å². The number of aryl methyl sites for hydroxylation is 1. The Morgan fingerprint density at radius 2 is 2.09 bits per heavy atom. The van der Waals surface area contributed by atoms with Gasteiger partial charge in [-0.05, 0) is 36.5 Å². The summed E-state index contributed by atoms with van der Waals surface area (Å²) in [4.78, 5) is 18.4. The van der Waals surface area contributed by atoms with Crippen LogP contribution in [0.4, 0.5) is 10.2 Å². The third-order valence-corrected chi connectivity index (χ3v) is 4.25. The first-order chi connectivity index (χ1) is 11.1. The van der Waals surface area contributed by atoms with Gasteiger partial charge in [0, 0.05) is 32.5 Å². The molecule has 1 aromatic carbocycles. The van der Waals surface area contributed by atoms with Gasteiger partial charge in [-0.15, -0.1) is 0 Å². The SMILES string of the molecule is Cn1ccnc(N2CCC(C=Cc3cccc(F)c3)CC2)c1=O. The highest BCUT2D eigenvalue weighted by Gasteiger charge is 2.20. The lowest BCUT2D eigenvalue weighted by Crippen LogP contribution is -2.38. The molecule has 0 spiro atoms. The highest BCUT2D eigenvalue weighted by atomic mass is 19.1. The van der Waals surface area contributed by atoms with Crippen molar-refractivity contribution in [1.29, 1.82) is 0 Å². The first kappa shape index (κ1) is 15.5. The zero-order valence-corrected chi connectivity index (χ0v) is 13.2. The number of piperidine rings is 1. The van der Waals surface area contributed by atoms with Gasteiger partial charge in [-0.1, -0.05) is 24.3 Å². The number of allylic oxidation sites excluding steroid dienone is 1. The highest BCUT2D eigenvalue weighted by molar-refractivity contribution is 5.49. The second-order valence-corrected chi connectivity index (χ2v) is 5.91. The number of nitrogens with zero attached hydrogens (tertiary/aromatic N) is 3. The van der Waals surface area contributed by atoms with E-state index in [1.807, 2.05) is 12.1 Å². The maximum Gasteiger partial charge on any atom is 0.293 e. The van der Waals surface area contributed by atoms with Gasteiger partial charge < -0.3 is 9.47 Å². The van der Waals surface area contributed by atoms with Gasteiger partial charge in [0.15, 0.2) is 5.82 Å². The van der Waals surface area contributed by atoms with Crippen LogP contribution in [-0.4, -0.2) is 22.6 Å². The minimum atomic E-state index is -0.215. The Bertz CT molecular complexity index is 761. The van der Waals surface area contributed by atoms with Gasteiger partial charge in [0.1, 0.15) is 5.82 Å². The maximum atomic E-state index is 13.2. The number of hydrogen-bond donors (Lipinski definition) is 0. The summed E-state index contributed by atoms with van der Waals surface area (Å²) < 4.78 is 14.7. The lowest BCUT2D eigenvalue weighted by Gasteiger charge is -2.31. The number of benzene rings is 1. The van der Waals surface area contributed by atoms with E-state index in [4.69, 9.17) is 0 Å². The summed E-state index contributed by atoms with van der Waals surface area (Å²) in [6.45, 7) is 1.62. The Balaban J connectivity index is 1.62. The molecule has 1 aromatic heterocycles. The predicted octanol–water partition coefficient (Wildman–Crippen LogP) is 2.85. The molecule has 4 nitrogen and oxygen atoms in total. The molecule has 2 heterocycles. The molecule has 120 valence electrons. The molecule has 0 aliphatic carbocycles. The molecule has 2 aromatic rings. The van der Waals surface area contributed by atoms with Crippen molar-refractivity contribution in [3.8, 4) is 0 Å². The molecule has 0 unspecified atom stereocenters. The van der Waals surface area contributed by atoms with Crippen LogP contribution in [0.1, 0.15) is 18.4 Å². The third-order valence-electron chi connectivity index (χ3n) is 4.25. The van der Waals surface area contributed by atoms with Crippen molar-refractivity contribution in [2.24, 2.45) is 13.0 Å². The quantitative estimate of drug-likeness (QED) is 0.874. The lowest BCUT2D eigenvalue weighted by molar-refractivity contribution is 0.476. The van der Waals surface area contributed by atoms with Crippen LogP contribution in [0, 0.1) is 11.7 Å². The van der Waals surface area contributed by atoms with Gasteiger partial charge in [0.05, 0.1) is 0 Å². The van der Waals surface area contributed by atoms with Crippen molar-refractivity contribution in [2.75, 3.05) is 18.0 Å². The van der Waals surface area contributed by atoms with E-state index in [1.54, 1.807) is 30.1 Å². The second-order valence-electron chi connectivity index (χ2n) is 5.91. The Kier molecular flexibility index (Phi) is 4.55. The Hall–Kier alpha value is -2.43. The van der Waals surface area contributed by atoms with Crippen LogP contribution < -0.4 is 10.5 Å². The van der Waals surface area contributed by atoms with Crippen molar-refractivity contribution < 1.29 is 4.39 Å². The minimum Gasteiger partial charge on any atom is -0.352 e. The summed E-state index contributed by atoms with van der Waals surface area (Å²) in [5.74, 6) is 0.762. The zero-order chi connectivity index (χ0) is 16.2. The molecular weight excluding hydrogens is 293 g/mol. The molecule has 0 radical (unpaired) electrons. The average Bonchev–Trinajstić information content (AvgIpc) is 2.56. The van der Waals surface area contributed by atoms with Crippen LogP contribution in [0.3, 0.4) is 0 Å². The summed E-state index contributed by atoms with van der Waals surface area (Å²) in [6.07, 6.45) is 9.37. The molecule has 0 N–H and O–H groups in total. The van der Waals surface area contributed by atoms with Gasteiger partial charge in [0.2, 0.25) is 0 Å². The smallest absolute Gasteiger partial charge is 0.293 e. The summed E-state index contributed by atoms with van der Waals surface area (Å²) in [6, 6.07) is 6.59. The Labute approximate surface area is 134 Å².